The molecule has 1 aliphatic heterocycles. The van der Waals surface area contributed by atoms with E-state index in [9.17, 15) is 18.0 Å². The van der Waals surface area contributed by atoms with Crippen LogP contribution in [0.25, 0.3) is 0 Å². The van der Waals surface area contributed by atoms with Crippen LogP contribution < -0.4 is 10.2 Å². The highest BCUT2D eigenvalue weighted by Gasteiger charge is 2.37. The molecule has 1 unspecified atom stereocenters. The van der Waals surface area contributed by atoms with Crippen molar-refractivity contribution in [1.82, 2.24) is 5.32 Å². The van der Waals surface area contributed by atoms with Gasteiger partial charge in [-0.3, -0.25) is 9.59 Å². The lowest BCUT2D eigenvalue weighted by molar-refractivity contribution is -0.132. The lowest BCUT2D eigenvalue weighted by atomic mass is 10.1. The number of carbonyl (C=O) groups excluding carboxylic acids is 2. The summed E-state index contributed by atoms with van der Waals surface area (Å²) in [5.74, 6) is -1.47. The number of nitrogens with one attached hydrogen (secondary N) is 1. The largest absolute Gasteiger partial charge is 0.354 e. The molecule has 1 saturated heterocycles. The lowest BCUT2D eigenvalue weighted by Gasteiger charge is -2.17. The highest BCUT2D eigenvalue weighted by molar-refractivity contribution is 9.10. The molecule has 1 fully saturated rings. The van der Waals surface area contributed by atoms with Crippen LogP contribution in [0, 0.1) is 5.92 Å². The Morgan fingerprint density at radius 2 is 2.17 bits per heavy atom. The first-order valence-corrected chi connectivity index (χ1v) is 10.0. The van der Waals surface area contributed by atoms with Crippen molar-refractivity contribution < 1.29 is 18.0 Å². The molecule has 8 heteroatoms. The summed E-state index contributed by atoms with van der Waals surface area (Å²) in [6.45, 7) is 2.07. The van der Waals surface area contributed by atoms with Crippen molar-refractivity contribution in [2.75, 3.05) is 29.5 Å². The van der Waals surface area contributed by atoms with Crippen LogP contribution in [0.5, 0.6) is 0 Å². The van der Waals surface area contributed by atoms with Crippen molar-refractivity contribution >= 4 is 43.3 Å². The van der Waals surface area contributed by atoms with Crippen LogP contribution in [0.4, 0.5) is 5.69 Å². The van der Waals surface area contributed by atoms with Crippen molar-refractivity contribution in [3.8, 4) is 0 Å². The second kappa shape index (κ2) is 7.44. The van der Waals surface area contributed by atoms with Gasteiger partial charge in [0.2, 0.25) is 11.8 Å². The molecule has 2 rings (SSSR count). The Morgan fingerprint density at radius 1 is 1.43 bits per heavy atom. The van der Waals surface area contributed by atoms with Crippen LogP contribution in [-0.2, 0) is 19.4 Å². The highest BCUT2D eigenvalue weighted by Crippen LogP contribution is 2.27. The molecule has 1 N–H and O–H groups in total. The minimum absolute atomic E-state index is 0.0374. The van der Waals surface area contributed by atoms with E-state index in [4.69, 9.17) is 0 Å². The molecule has 0 spiro atoms. The Bertz CT molecular complexity index is 705. The second-order valence-corrected chi connectivity index (χ2v) is 8.73. The van der Waals surface area contributed by atoms with E-state index in [0.29, 0.717) is 13.0 Å². The maximum Gasteiger partial charge on any atom is 0.239 e. The van der Waals surface area contributed by atoms with Gasteiger partial charge in [-0.2, -0.15) is 0 Å². The molecule has 1 aromatic carbocycles. The summed E-state index contributed by atoms with van der Waals surface area (Å²) in [7, 11) is -3.13. The van der Waals surface area contributed by atoms with Gasteiger partial charge in [0.1, 0.15) is 5.92 Å². The van der Waals surface area contributed by atoms with E-state index in [0.717, 1.165) is 10.2 Å². The predicted octanol–water partition coefficient (Wildman–Crippen LogP) is 1.35. The third-order valence-corrected chi connectivity index (χ3v) is 5.99. The molecule has 23 heavy (non-hydrogen) atoms. The molecule has 6 nitrogen and oxygen atoms in total. The van der Waals surface area contributed by atoms with Crippen molar-refractivity contribution in [2.24, 2.45) is 5.92 Å². The number of amides is 2. The molecule has 2 amide bonds. The maximum atomic E-state index is 12.4. The number of rotatable bonds is 6. The first-order valence-electron chi connectivity index (χ1n) is 7.39. The molecule has 0 saturated carbocycles. The Labute approximate surface area is 144 Å². The fourth-order valence-electron chi connectivity index (χ4n) is 2.42. The Balaban J connectivity index is 1.95. The van der Waals surface area contributed by atoms with Crippen molar-refractivity contribution in [1.29, 1.82) is 0 Å². The van der Waals surface area contributed by atoms with E-state index >= 15 is 0 Å². The number of benzene rings is 1. The van der Waals surface area contributed by atoms with Gasteiger partial charge in [-0.15, -0.1) is 0 Å². The van der Waals surface area contributed by atoms with Gasteiger partial charge in [-0.25, -0.2) is 8.42 Å². The third kappa shape index (κ3) is 4.54. The standard InChI is InChI=1S/C15H19BrN2O4S/c1-2-23(21,22)9-7-17-14(19)13-6-8-18(15(13)20)12-5-3-4-11(16)10-12/h3-5,10,13H,2,6-9H2,1H3,(H,17,19). The average Bonchev–Trinajstić information content (AvgIpc) is 2.89. The molecule has 1 aromatic rings. The summed E-state index contributed by atoms with van der Waals surface area (Å²) >= 11 is 3.36. The number of anilines is 1. The highest BCUT2D eigenvalue weighted by atomic mass is 79.9. The molecular formula is C15H19BrN2O4S. The Hall–Kier alpha value is -1.41. The zero-order valence-corrected chi connectivity index (χ0v) is 15.2. The number of halogens is 1. The van der Waals surface area contributed by atoms with E-state index in [1.807, 2.05) is 24.3 Å². The summed E-state index contributed by atoms with van der Waals surface area (Å²) in [6, 6.07) is 7.33. The van der Waals surface area contributed by atoms with Crippen LogP contribution in [0.1, 0.15) is 13.3 Å². The number of carbonyl (C=O) groups is 2. The normalized spacial score (nSPS) is 18.3. The molecule has 0 radical (unpaired) electrons. The molecule has 0 aliphatic carbocycles. The summed E-state index contributed by atoms with van der Waals surface area (Å²) < 4.78 is 23.7. The minimum atomic E-state index is -3.13. The van der Waals surface area contributed by atoms with Crippen LogP contribution >= 0.6 is 15.9 Å². The van der Waals surface area contributed by atoms with Crippen LogP contribution in [0.2, 0.25) is 0 Å². The molecule has 0 aromatic heterocycles. The summed E-state index contributed by atoms with van der Waals surface area (Å²) in [4.78, 5) is 26.1. The van der Waals surface area contributed by atoms with Gasteiger partial charge in [0.25, 0.3) is 0 Å². The number of nitrogens with zero attached hydrogens (tertiary/aromatic N) is 1. The quantitative estimate of drug-likeness (QED) is 0.727. The SMILES string of the molecule is CCS(=O)(=O)CCNC(=O)C1CCN(c2cccc(Br)c2)C1=O. The molecular weight excluding hydrogens is 384 g/mol. The summed E-state index contributed by atoms with van der Waals surface area (Å²) in [5, 5.41) is 2.55. The number of hydrogen-bond acceptors (Lipinski definition) is 4. The van der Waals surface area contributed by atoms with Crippen LogP contribution in [0.3, 0.4) is 0 Å². The lowest BCUT2D eigenvalue weighted by Crippen LogP contribution is -2.38. The maximum absolute atomic E-state index is 12.4. The fraction of sp³-hybridized carbons (Fsp3) is 0.467. The number of hydrogen-bond donors (Lipinski definition) is 1. The van der Waals surface area contributed by atoms with Crippen LogP contribution in [-0.4, -0.2) is 44.8 Å². The molecule has 1 heterocycles. The molecule has 0 bridgehead atoms. The first kappa shape index (κ1) is 17.9. The van der Waals surface area contributed by atoms with Gasteiger partial charge < -0.3 is 10.2 Å². The van der Waals surface area contributed by atoms with Gasteiger partial charge in [0.15, 0.2) is 9.84 Å². The van der Waals surface area contributed by atoms with Gasteiger partial charge in [0.05, 0.1) is 5.75 Å². The minimum Gasteiger partial charge on any atom is -0.354 e. The van der Waals surface area contributed by atoms with E-state index in [2.05, 4.69) is 21.2 Å². The fourth-order valence-corrected chi connectivity index (χ4v) is 3.51. The van der Waals surface area contributed by atoms with Gasteiger partial charge in [0, 0.05) is 29.0 Å². The van der Waals surface area contributed by atoms with E-state index < -0.39 is 21.7 Å². The monoisotopic (exact) mass is 402 g/mol. The van der Waals surface area contributed by atoms with E-state index in [-0.39, 0.29) is 24.0 Å². The Kier molecular flexibility index (Phi) is 5.80. The average molecular weight is 403 g/mol. The van der Waals surface area contributed by atoms with Crippen molar-refractivity contribution in [3.05, 3.63) is 28.7 Å². The van der Waals surface area contributed by atoms with Crippen LogP contribution in [0.15, 0.2) is 28.7 Å². The smallest absolute Gasteiger partial charge is 0.239 e. The summed E-state index contributed by atoms with van der Waals surface area (Å²) in [5.41, 5.74) is 0.744. The zero-order chi connectivity index (χ0) is 17.0. The van der Waals surface area contributed by atoms with Crippen molar-refractivity contribution in [2.45, 2.75) is 13.3 Å². The topological polar surface area (TPSA) is 83.6 Å². The first-order chi connectivity index (χ1) is 10.8. The van der Waals surface area contributed by atoms with Crippen molar-refractivity contribution in [3.63, 3.8) is 0 Å². The van der Waals surface area contributed by atoms with E-state index in [1.165, 1.54) is 0 Å². The number of sulfone groups is 1. The van der Waals surface area contributed by atoms with Gasteiger partial charge in [-0.1, -0.05) is 28.9 Å². The van der Waals surface area contributed by atoms with E-state index in [1.54, 1.807) is 11.8 Å². The third-order valence-electron chi connectivity index (χ3n) is 3.79. The van der Waals surface area contributed by atoms with Gasteiger partial charge in [-0.05, 0) is 24.6 Å². The molecule has 1 aliphatic rings. The summed E-state index contributed by atoms with van der Waals surface area (Å²) in [6.07, 6.45) is 0.428. The predicted molar refractivity (Wildman–Crippen MR) is 91.9 cm³/mol. The second-order valence-electron chi connectivity index (χ2n) is 5.34. The Morgan fingerprint density at radius 3 is 2.83 bits per heavy atom. The zero-order valence-electron chi connectivity index (χ0n) is 12.8. The molecule has 126 valence electrons. The van der Waals surface area contributed by atoms with Gasteiger partial charge >= 0.3 is 0 Å². The molecule has 1 atom stereocenters.